The third-order valence-corrected chi connectivity index (χ3v) is 4.38. The summed E-state index contributed by atoms with van der Waals surface area (Å²) < 4.78 is 24.9. The van der Waals surface area contributed by atoms with Crippen molar-refractivity contribution >= 4 is 16.1 Å². The number of hydrogen-bond acceptors (Lipinski definition) is 3. The first-order chi connectivity index (χ1) is 8.18. The molecule has 0 unspecified atom stereocenters. The highest BCUT2D eigenvalue weighted by Gasteiger charge is 2.26. The lowest BCUT2D eigenvalue weighted by molar-refractivity contribution is -0.816. The largest absolute Gasteiger partial charge is 0.290 e. The molecule has 1 aromatic rings. The van der Waals surface area contributed by atoms with Crippen LogP contribution in [0.15, 0.2) is 29.2 Å². The lowest BCUT2D eigenvalue weighted by atomic mass is 10.1. The number of hydroxylamine groups is 1. The molecule has 1 N–H and O–H groups in total. The van der Waals surface area contributed by atoms with E-state index in [1.165, 1.54) is 6.21 Å². The van der Waals surface area contributed by atoms with Crippen LogP contribution in [0, 0.1) is 0 Å². The zero-order chi connectivity index (χ0) is 14.0. The van der Waals surface area contributed by atoms with Crippen molar-refractivity contribution in [2.75, 3.05) is 5.75 Å². The maximum Gasteiger partial charge on any atom is 0.224 e. The van der Waals surface area contributed by atoms with E-state index in [2.05, 4.69) is 0 Å². The second kappa shape index (κ2) is 5.10. The van der Waals surface area contributed by atoms with E-state index in [9.17, 15) is 13.6 Å². The Morgan fingerprint density at radius 3 is 2.33 bits per heavy atom. The molecule has 1 rings (SSSR count). The van der Waals surface area contributed by atoms with Crippen LogP contribution in [0.5, 0.6) is 0 Å². The van der Waals surface area contributed by atoms with E-state index in [0.717, 1.165) is 4.74 Å². The van der Waals surface area contributed by atoms with Crippen molar-refractivity contribution in [1.82, 2.24) is 0 Å². The van der Waals surface area contributed by atoms with Gasteiger partial charge in [0.15, 0.2) is 9.84 Å². The molecule has 18 heavy (non-hydrogen) atoms. The first kappa shape index (κ1) is 14.7. The number of rotatable bonds is 3. The molecule has 0 bridgehead atoms. The van der Waals surface area contributed by atoms with Crippen LogP contribution in [0.3, 0.4) is 0 Å². The molecule has 0 fully saturated rings. The summed E-state index contributed by atoms with van der Waals surface area (Å²) >= 11 is 0. The summed E-state index contributed by atoms with van der Waals surface area (Å²) in [5.41, 5.74) is 0.0140. The second-order valence-corrected chi connectivity index (χ2v) is 7.33. The lowest BCUT2D eigenvalue weighted by Crippen LogP contribution is -2.31. The van der Waals surface area contributed by atoms with E-state index in [1.54, 1.807) is 31.2 Å². The zero-order valence-electron chi connectivity index (χ0n) is 11.2. The Labute approximate surface area is 108 Å². The van der Waals surface area contributed by atoms with Crippen LogP contribution in [-0.4, -0.2) is 35.9 Å². The first-order valence-electron chi connectivity index (χ1n) is 5.83. The predicted octanol–water partition coefficient (Wildman–Crippen LogP) is 2.10. The summed E-state index contributed by atoms with van der Waals surface area (Å²) in [6, 6.07) is 6.66. The summed E-state index contributed by atoms with van der Waals surface area (Å²) in [7, 11) is -3.29. The van der Waals surface area contributed by atoms with Gasteiger partial charge < -0.3 is 0 Å². The smallest absolute Gasteiger partial charge is 0.224 e. The number of benzene rings is 1. The third kappa shape index (κ3) is 3.32. The van der Waals surface area contributed by atoms with Crippen molar-refractivity contribution in [3.05, 3.63) is 29.8 Å². The van der Waals surface area contributed by atoms with Crippen LogP contribution in [0.25, 0.3) is 0 Å². The molecule has 0 aliphatic rings. The second-order valence-electron chi connectivity index (χ2n) is 5.09. The Hall–Kier alpha value is -1.36. The maximum absolute atomic E-state index is 11.9. The van der Waals surface area contributed by atoms with E-state index < -0.39 is 15.4 Å². The molecule has 1 aromatic carbocycles. The van der Waals surface area contributed by atoms with Crippen LogP contribution >= 0.6 is 0 Å². The molecular formula is C13H20NO3S+. The fraction of sp³-hybridized carbons (Fsp3) is 0.462. The minimum Gasteiger partial charge on any atom is -0.290 e. The molecule has 0 saturated carbocycles. The van der Waals surface area contributed by atoms with Crippen molar-refractivity contribution in [3.63, 3.8) is 0 Å². The SMILES string of the molecule is CCS(=O)(=O)c1ccccc1/C=[N+](\O)C(C)(C)C. The van der Waals surface area contributed by atoms with Crippen molar-refractivity contribution in [3.8, 4) is 0 Å². The van der Waals surface area contributed by atoms with Crippen molar-refractivity contribution in [2.24, 2.45) is 0 Å². The molecule has 0 aliphatic carbocycles. The van der Waals surface area contributed by atoms with Crippen LogP contribution < -0.4 is 0 Å². The van der Waals surface area contributed by atoms with Gasteiger partial charge in [-0.05, 0) is 16.9 Å². The fourth-order valence-corrected chi connectivity index (χ4v) is 2.43. The zero-order valence-corrected chi connectivity index (χ0v) is 12.0. The van der Waals surface area contributed by atoms with Gasteiger partial charge in [-0.25, -0.2) is 8.42 Å². The van der Waals surface area contributed by atoms with E-state index >= 15 is 0 Å². The van der Waals surface area contributed by atoms with Gasteiger partial charge in [0, 0.05) is 20.8 Å². The van der Waals surface area contributed by atoms with Crippen molar-refractivity contribution in [1.29, 1.82) is 0 Å². The molecule has 0 spiro atoms. The van der Waals surface area contributed by atoms with Gasteiger partial charge in [0.05, 0.1) is 16.2 Å². The molecule has 100 valence electrons. The lowest BCUT2D eigenvalue weighted by Gasteiger charge is -2.10. The van der Waals surface area contributed by atoms with E-state index in [-0.39, 0.29) is 10.6 Å². The fourth-order valence-electron chi connectivity index (χ4n) is 1.35. The minimum absolute atomic E-state index is 0.0405. The minimum atomic E-state index is -3.29. The van der Waals surface area contributed by atoms with Crippen LogP contribution in [-0.2, 0) is 9.84 Å². The monoisotopic (exact) mass is 270 g/mol. The highest BCUT2D eigenvalue weighted by Crippen LogP contribution is 2.16. The normalized spacial score (nSPS) is 13.7. The first-order valence-corrected chi connectivity index (χ1v) is 7.48. The Morgan fingerprint density at radius 1 is 1.28 bits per heavy atom. The Bertz CT molecular complexity index is 554. The molecule has 0 radical (unpaired) electrons. The van der Waals surface area contributed by atoms with Gasteiger partial charge in [-0.1, -0.05) is 19.1 Å². The topological polar surface area (TPSA) is 57.4 Å². The Kier molecular flexibility index (Phi) is 4.16. The number of nitrogens with zero attached hydrogens (tertiary/aromatic N) is 1. The summed E-state index contributed by atoms with van der Waals surface area (Å²) in [4.78, 5) is 0.246. The van der Waals surface area contributed by atoms with Gasteiger partial charge in [0.1, 0.15) is 0 Å². The van der Waals surface area contributed by atoms with Crippen LogP contribution in [0.1, 0.15) is 33.3 Å². The molecular weight excluding hydrogens is 250 g/mol. The van der Waals surface area contributed by atoms with E-state index in [4.69, 9.17) is 0 Å². The molecule has 4 nitrogen and oxygen atoms in total. The molecule has 5 heteroatoms. The average Bonchev–Trinajstić information content (AvgIpc) is 2.28. The molecule has 0 aliphatic heterocycles. The standard InChI is InChI=1S/C13H20NO3S/c1-5-18(16,17)12-9-7-6-8-11(12)10-14(15)13(2,3)4/h6-10,15H,5H2,1-4H3/q+1/b14-10-. The van der Waals surface area contributed by atoms with E-state index in [1.807, 2.05) is 20.8 Å². The van der Waals surface area contributed by atoms with Gasteiger partial charge in [0.25, 0.3) is 0 Å². The van der Waals surface area contributed by atoms with Gasteiger partial charge in [-0.15, -0.1) is 0 Å². The Balaban J connectivity index is 3.37. The maximum atomic E-state index is 11.9. The van der Waals surface area contributed by atoms with Crippen molar-refractivity contribution < 1.29 is 18.4 Å². The van der Waals surface area contributed by atoms with Gasteiger partial charge in [-0.3, -0.25) is 5.21 Å². The van der Waals surface area contributed by atoms with Crippen LogP contribution in [0.2, 0.25) is 0 Å². The number of sulfone groups is 1. The molecule has 0 aromatic heterocycles. The van der Waals surface area contributed by atoms with Gasteiger partial charge >= 0.3 is 0 Å². The quantitative estimate of drug-likeness (QED) is 0.396. The molecule has 0 saturated heterocycles. The highest BCUT2D eigenvalue weighted by atomic mass is 32.2. The van der Waals surface area contributed by atoms with Gasteiger partial charge in [-0.2, -0.15) is 0 Å². The predicted molar refractivity (Wildman–Crippen MR) is 71.1 cm³/mol. The third-order valence-electron chi connectivity index (χ3n) is 2.58. The van der Waals surface area contributed by atoms with E-state index in [0.29, 0.717) is 5.56 Å². The number of hydrogen-bond donors (Lipinski definition) is 1. The van der Waals surface area contributed by atoms with Crippen LogP contribution in [0.4, 0.5) is 0 Å². The average molecular weight is 270 g/mol. The summed E-state index contributed by atoms with van der Waals surface area (Å²) in [6.45, 7) is 7.11. The van der Waals surface area contributed by atoms with Crippen molar-refractivity contribution in [2.45, 2.75) is 38.1 Å². The molecule has 0 heterocycles. The summed E-state index contributed by atoms with van der Waals surface area (Å²) in [5.74, 6) is 0.0405. The Morgan fingerprint density at radius 2 is 1.83 bits per heavy atom. The molecule has 0 amide bonds. The highest BCUT2D eigenvalue weighted by molar-refractivity contribution is 7.91. The van der Waals surface area contributed by atoms with Gasteiger partial charge in [0.2, 0.25) is 11.8 Å². The summed E-state index contributed by atoms with van der Waals surface area (Å²) in [6.07, 6.45) is 1.45. The molecule has 0 atom stereocenters. The summed E-state index contributed by atoms with van der Waals surface area (Å²) in [5, 5.41) is 9.88.